The van der Waals surface area contributed by atoms with Gasteiger partial charge in [-0.25, -0.2) is 9.59 Å². The SMILES string of the molecule is CCOC(=O)c1ccc(NC(=O)N2CCOCC2c2ccccc2)cc1. The predicted octanol–water partition coefficient (Wildman–Crippen LogP) is 3.47. The molecule has 1 saturated heterocycles. The van der Waals surface area contributed by atoms with E-state index >= 15 is 0 Å². The maximum atomic E-state index is 12.7. The normalized spacial score (nSPS) is 16.8. The first-order chi connectivity index (χ1) is 12.7. The van der Waals surface area contributed by atoms with Gasteiger partial charge in [0.2, 0.25) is 0 Å². The summed E-state index contributed by atoms with van der Waals surface area (Å²) >= 11 is 0. The molecule has 1 N–H and O–H groups in total. The fraction of sp³-hybridized carbons (Fsp3) is 0.300. The highest BCUT2D eigenvalue weighted by Crippen LogP contribution is 2.25. The number of morpholine rings is 1. The molecule has 0 aromatic heterocycles. The number of anilines is 1. The average molecular weight is 354 g/mol. The Kier molecular flexibility index (Phi) is 5.86. The molecule has 0 aliphatic carbocycles. The zero-order chi connectivity index (χ0) is 18.4. The van der Waals surface area contributed by atoms with Gasteiger partial charge in [-0.3, -0.25) is 0 Å². The first-order valence-electron chi connectivity index (χ1n) is 8.66. The van der Waals surface area contributed by atoms with Gasteiger partial charge >= 0.3 is 12.0 Å². The van der Waals surface area contributed by atoms with Crippen molar-refractivity contribution in [3.63, 3.8) is 0 Å². The van der Waals surface area contributed by atoms with E-state index in [1.807, 2.05) is 30.3 Å². The molecule has 6 nitrogen and oxygen atoms in total. The lowest BCUT2D eigenvalue weighted by Gasteiger charge is -2.35. The number of amides is 2. The first kappa shape index (κ1) is 17.9. The number of carbonyl (C=O) groups excluding carboxylic acids is 2. The Labute approximate surface area is 152 Å². The van der Waals surface area contributed by atoms with Crippen molar-refractivity contribution < 1.29 is 19.1 Å². The lowest BCUT2D eigenvalue weighted by Crippen LogP contribution is -2.45. The lowest BCUT2D eigenvalue weighted by molar-refractivity contribution is 0.0148. The molecule has 6 heteroatoms. The lowest BCUT2D eigenvalue weighted by atomic mass is 10.1. The van der Waals surface area contributed by atoms with Crippen LogP contribution in [0.15, 0.2) is 54.6 Å². The van der Waals surface area contributed by atoms with Gasteiger partial charge in [0.15, 0.2) is 0 Å². The molecule has 26 heavy (non-hydrogen) atoms. The third-order valence-corrected chi connectivity index (χ3v) is 4.22. The van der Waals surface area contributed by atoms with Crippen LogP contribution in [0.1, 0.15) is 28.9 Å². The maximum Gasteiger partial charge on any atom is 0.338 e. The van der Waals surface area contributed by atoms with Gasteiger partial charge in [-0.2, -0.15) is 0 Å². The van der Waals surface area contributed by atoms with Gasteiger partial charge in [0.05, 0.1) is 31.4 Å². The number of hydrogen-bond donors (Lipinski definition) is 1. The smallest absolute Gasteiger partial charge is 0.338 e. The average Bonchev–Trinajstić information content (AvgIpc) is 2.69. The number of benzene rings is 2. The highest BCUT2D eigenvalue weighted by molar-refractivity contribution is 5.92. The first-order valence-corrected chi connectivity index (χ1v) is 8.66. The number of ether oxygens (including phenoxy) is 2. The molecule has 3 rings (SSSR count). The van der Waals surface area contributed by atoms with E-state index in [0.717, 1.165) is 5.56 Å². The number of rotatable bonds is 4. The van der Waals surface area contributed by atoms with Crippen LogP contribution >= 0.6 is 0 Å². The molecule has 1 aliphatic rings. The molecule has 1 fully saturated rings. The van der Waals surface area contributed by atoms with Gasteiger partial charge < -0.3 is 19.7 Å². The molecule has 2 amide bonds. The predicted molar refractivity (Wildman–Crippen MR) is 98.1 cm³/mol. The highest BCUT2D eigenvalue weighted by atomic mass is 16.5. The topological polar surface area (TPSA) is 67.9 Å². The van der Waals surface area contributed by atoms with Gasteiger partial charge in [-0.15, -0.1) is 0 Å². The molecule has 1 unspecified atom stereocenters. The quantitative estimate of drug-likeness (QED) is 0.854. The van der Waals surface area contributed by atoms with Crippen molar-refractivity contribution in [1.29, 1.82) is 0 Å². The molecule has 2 aromatic rings. The molecule has 0 saturated carbocycles. The Bertz CT molecular complexity index is 746. The minimum atomic E-state index is -0.373. The third kappa shape index (κ3) is 4.21. The van der Waals surface area contributed by atoms with Crippen LogP contribution in [0.3, 0.4) is 0 Å². The molecule has 0 spiro atoms. The van der Waals surface area contributed by atoms with Crippen LogP contribution in [0.5, 0.6) is 0 Å². The minimum Gasteiger partial charge on any atom is -0.462 e. The Morgan fingerprint density at radius 3 is 2.58 bits per heavy atom. The molecule has 136 valence electrons. The molecule has 1 aliphatic heterocycles. The van der Waals surface area contributed by atoms with Crippen LogP contribution in [0.25, 0.3) is 0 Å². The second kappa shape index (κ2) is 8.49. The third-order valence-electron chi connectivity index (χ3n) is 4.22. The van der Waals surface area contributed by atoms with Crippen molar-refractivity contribution in [3.8, 4) is 0 Å². The number of hydrogen-bond acceptors (Lipinski definition) is 4. The van der Waals surface area contributed by atoms with Crippen molar-refractivity contribution in [2.24, 2.45) is 0 Å². The summed E-state index contributed by atoms with van der Waals surface area (Å²) in [5, 5.41) is 2.89. The summed E-state index contributed by atoms with van der Waals surface area (Å²) in [6, 6.07) is 16.2. The molecule has 2 aromatic carbocycles. The van der Waals surface area contributed by atoms with E-state index in [9.17, 15) is 9.59 Å². The van der Waals surface area contributed by atoms with E-state index < -0.39 is 0 Å². The second-order valence-electron chi connectivity index (χ2n) is 5.92. The number of urea groups is 1. The molecule has 1 atom stereocenters. The van der Waals surface area contributed by atoms with E-state index in [1.165, 1.54) is 0 Å². The zero-order valence-corrected chi connectivity index (χ0v) is 14.7. The van der Waals surface area contributed by atoms with Gasteiger partial charge in [-0.05, 0) is 36.8 Å². The van der Waals surface area contributed by atoms with E-state index in [-0.39, 0.29) is 18.0 Å². The van der Waals surface area contributed by atoms with Crippen LogP contribution in [0.4, 0.5) is 10.5 Å². The summed E-state index contributed by atoms with van der Waals surface area (Å²) < 4.78 is 10.5. The van der Waals surface area contributed by atoms with Crippen molar-refractivity contribution in [3.05, 3.63) is 65.7 Å². The summed E-state index contributed by atoms with van der Waals surface area (Å²) in [7, 11) is 0. The summed E-state index contributed by atoms with van der Waals surface area (Å²) in [5.74, 6) is -0.373. The van der Waals surface area contributed by atoms with Gasteiger partial charge in [0.1, 0.15) is 0 Å². The fourth-order valence-corrected chi connectivity index (χ4v) is 2.90. The Hall–Kier alpha value is -2.86. The van der Waals surface area contributed by atoms with Crippen LogP contribution in [0, 0.1) is 0 Å². The molecule has 0 radical (unpaired) electrons. The summed E-state index contributed by atoms with van der Waals surface area (Å²) in [6.45, 7) is 3.59. The van der Waals surface area contributed by atoms with Crippen molar-refractivity contribution in [2.75, 3.05) is 31.7 Å². The zero-order valence-electron chi connectivity index (χ0n) is 14.7. The largest absolute Gasteiger partial charge is 0.462 e. The fourth-order valence-electron chi connectivity index (χ4n) is 2.90. The summed E-state index contributed by atoms with van der Waals surface area (Å²) in [4.78, 5) is 26.2. The van der Waals surface area contributed by atoms with Crippen LogP contribution < -0.4 is 5.32 Å². The van der Waals surface area contributed by atoms with Crippen LogP contribution in [-0.4, -0.2) is 43.3 Å². The van der Waals surface area contributed by atoms with Crippen molar-refractivity contribution in [2.45, 2.75) is 13.0 Å². The van der Waals surface area contributed by atoms with Crippen LogP contribution in [0.2, 0.25) is 0 Å². The Morgan fingerprint density at radius 1 is 1.15 bits per heavy atom. The van der Waals surface area contributed by atoms with Crippen molar-refractivity contribution in [1.82, 2.24) is 4.90 Å². The molecule has 0 bridgehead atoms. The van der Waals surface area contributed by atoms with Gasteiger partial charge in [-0.1, -0.05) is 30.3 Å². The molecular formula is C20H22N2O4. The second-order valence-corrected chi connectivity index (χ2v) is 5.92. The van der Waals surface area contributed by atoms with Crippen molar-refractivity contribution >= 4 is 17.7 Å². The van der Waals surface area contributed by atoms with E-state index in [4.69, 9.17) is 9.47 Å². The van der Waals surface area contributed by atoms with E-state index in [2.05, 4.69) is 5.32 Å². The monoisotopic (exact) mass is 354 g/mol. The molecular weight excluding hydrogens is 332 g/mol. The minimum absolute atomic E-state index is 0.122. The maximum absolute atomic E-state index is 12.7. The summed E-state index contributed by atoms with van der Waals surface area (Å²) in [5.41, 5.74) is 2.12. The number of nitrogens with one attached hydrogen (secondary N) is 1. The van der Waals surface area contributed by atoms with E-state index in [1.54, 1.807) is 36.1 Å². The van der Waals surface area contributed by atoms with Gasteiger partial charge in [0, 0.05) is 12.2 Å². The summed E-state index contributed by atoms with van der Waals surface area (Å²) in [6.07, 6.45) is 0. The number of carbonyl (C=O) groups is 2. The number of esters is 1. The van der Waals surface area contributed by atoms with E-state index in [0.29, 0.717) is 37.6 Å². The molecule has 1 heterocycles. The highest BCUT2D eigenvalue weighted by Gasteiger charge is 2.28. The standard InChI is InChI=1S/C20H22N2O4/c1-2-26-19(23)16-8-10-17(11-9-16)21-20(24)22-12-13-25-14-18(22)15-6-4-3-5-7-15/h3-11,18H,2,12-14H2,1H3,(H,21,24). The van der Waals surface area contributed by atoms with Crippen LogP contribution in [-0.2, 0) is 9.47 Å². The Balaban J connectivity index is 1.69. The van der Waals surface area contributed by atoms with Gasteiger partial charge in [0.25, 0.3) is 0 Å². The number of nitrogens with zero attached hydrogens (tertiary/aromatic N) is 1. The Morgan fingerprint density at radius 2 is 1.88 bits per heavy atom.